The molecular formula is C16H21NO. The van der Waals surface area contributed by atoms with Crippen LogP contribution in [0.3, 0.4) is 0 Å². The van der Waals surface area contributed by atoms with Crippen molar-refractivity contribution in [3.63, 3.8) is 0 Å². The van der Waals surface area contributed by atoms with Crippen LogP contribution in [-0.2, 0) is 11.2 Å². The summed E-state index contributed by atoms with van der Waals surface area (Å²) in [5.41, 5.74) is 2.72. The van der Waals surface area contributed by atoms with Crippen LogP contribution < -0.4 is 0 Å². The zero-order valence-corrected chi connectivity index (χ0v) is 11.1. The molecule has 1 aromatic carbocycles. The van der Waals surface area contributed by atoms with Crippen molar-refractivity contribution >= 4 is 5.91 Å². The molecule has 1 aromatic rings. The molecule has 0 radical (unpaired) electrons. The van der Waals surface area contributed by atoms with Crippen molar-refractivity contribution in [1.82, 2.24) is 4.90 Å². The van der Waals surface area contributed by atoms with Gasteiger partial charge in [0.05, 0.1) is 0 Å². The summed E-state index contributed by atoms with van der Waals surface area (Å²) in [6.45, 7) is 7.43. The van der Waals surface area contributed by atoms with Crippen LogP contribution in [0.25, 0.3) is 0 Å². The number of rotatable bonds is 3. The molecule has 2 nitrogen and oxygen atoms in total. The topological polar surface area (TPSA) is 20.3 Å². The molecule has 1 heterocycles. The normalized spacial score (nSPS) is 19.6. The van der Waals surface area contributed by atoms with E-state index in [1.165, 1.54) is 23.6 Å². The number of aryl methyl sites for hydroxylation is 1. The van der Waals surface area contributed by atoms with Crippen molar-refractivity contribution in [1.29, 1.82) is 0 Å². The Morgan fingerprint density at radius 2 is 2.17 bits per heavy atom. The minimum Gasteiger partial charge on any atom is -0.339 e. The predicted octanol–water partition coefficient (Wildman–Crippen LogP) is 3.14. The molecule has 2 heteroatoms. The van der Waals surface area contributed by atoms with Gasteiger partial charge in [-0.3, -0.25) is 4.79 Å². The Bertz CT molecular complexity index is 421. The van der Waals surface area contributed by atoms with E-state index in [0.29, 0.717) is 5.92 Å². The molecule has 1 aliphatic rings. The zero-order chi connectivity index (χ0) is 13.0. The molecular weight excluding hydrogens is 222 g/mol. The number of benzene rings is 1. The molecule has 1 aliphatic heterocycles. The number of amides is 1. The van der Waals surface area contributed by atoms with Crippen LogP contribution in [0.1, 0.15) is 36.8 Å². The fourth-order valence-electron chi connectivity index (χ4n) is 2.60. The molecule has 0 N–H and O–H groups in total. The summed E-state index contributed by atoms with van der Waals surface area (Å²) in [6, 6.07) is 8.82. The average molecular weight is 243 g/mol. The fourth-order valence-corrected chi connectivity index (χ4v) is 2.60. The van der Waals surface area contributed by atoms with Gasteiger partial charge in [-0.2, -0.15) is 0 Å². The smallest absolute Gasteiger partial charge is 0.245 e. The molecule has 1 saturated heterocycles. The van der Waals surface area contributed by atoms with Crippen LogP contribution in [0.2, 0.25) is 0 Å². The van der Waals surface area contributed by atoms with E-state index in [4.69, 9.17) is 0 Å². The van der Waals surface area contributed by atoms with Gasteiger partial charge in [-0.25, -0.2) is 0 Å². The quantitative estimate of drug-likeness (QED) is 0.747. The molecule has 2 rings (SSSR count). The van der Waals surface area contributed by atoms with E-state index in [2.05, 4.69) is 37.8 Å². The first-order valence-electron chi connectivity index (χ1n) is 6.74. The number of nitrogens with zero attached hydrogens (tertiary/aromatic N) is 1. The lowest BCUT2D eigenvalue weighted by Crippen LogP contribution is -2.38. The molecule has 0 spiro atoms. The minimum atomic E-state index is 0.0601. The Kier molecular flexibility index (Phi) is 4.19. The van der Waals surface area contributed by atoms with E-state index >= 15 is 0 Å². The standard InChI is InChI=1S/C16H21NO/c1-3-13-7-9-14(10-8-13)15-6-5-11-17(12-15)16(18)4-2/h4,7-10,15H,2-3,5-6,11-12H2,1H3/t15-/m0/s1. The first-order chi connectivity index (χ1) is 8.74. The number of likely N-dealkylation sites (tertiary alicyclic amines) is 1. The molecule has 96 valence electrons. The van der Waals surface area contributed by atoms with E-state index in [-0.39, 0.29) is 5.91 Å². The van der Waals surface area contributed by atoms with Crippen LogP contribution in [0.4, 0.5) is 0 Å². The Hall–Kier alpha value is -1.57. The second-order valence-electron chi connectivity index (χ2n) is 4.92. The highest BCUT2D eigenvalue weighted by molar-refractivity contribution is 5.87. The van der Waals surface area contributed by atoms with Gasteiger partial charge in [0.1, 0.15) is 0 Å². The van der Waals surface area contributed by atoms with Gasteiger partial charge < -0.3 is 4.90 Å². The highest BCUT2D eigenvalue weighted by atomic mass is 16.2. The highest BCUT2D eigenvalue weighted by Crippen LogP contribution is 2.27. The lowest BCUT2D eigenvalue weighted by atomic mass is 9.90. The van der Waals surface area contributed by atoms with Crippen LogP contribution in [0, 0.1) is 0 Å². The van der Waals surface area contributed by atoms with Crippen LogP contribution in [-0.4, -0.2) is 23.9 Å². The largest absolute Gasteiger partial charge is 0.339 e. The van der Waals surface area contributed by atoms with E-state index < -0.39 is 0 Å². The van der Waals surface area contributed by atoms with Crippen molar-refractivity contribution in [3.05, 3.63) is 48.0 Å². The lowest BCUT2D eigenvalue weighted by molar-refractivity contribution is -0.127. The second kappa shape index (κ2) is 5.85. The maximum absolute atomic E-state index is 11.7. The van der Waals surface area contributed by atoms with E-state index in [0.717, 1.165) is 25.9 Å². The molecule has 0 saturated carbocycles. The molecule has 0 aliphatic carbocycles. The molecule has 18 heavy (non-hydrogen) atoms. The van der Waals surface area contributed by atoms with Crippen molar-refractivity contribution in [2.75, 3.05) is 13.1 Å². The third-order valence-electron chi connectivity index (χ3n) is 3.77. The van der Waals surface area contributed by atoms with Crippen molar-refractivity contribution in [2.24, 2.45) is 0 Å². The molecule has 0 unspecified atom stereocenters. The summed E-state index contributed by atoms with van der Waals surface area (Å²) in [5.74, 6) is 0.540. The summed E-state index contributed by atoms with van der Waals surface area (Å²) in [7, 11) is 0. The van der Waals surface area contributed by atoms with Crippen LogP contribution >= 0.6 is 0 Å². The molecule has 1 fully saturated rings. The highest BCUT2D eigenvalue weighted by Gasteiger charge is 2.23. The minimum absolute atomic E-state index is 0.0601. The van der Waals surface area contributed by atoms with Gasteiger partial charge in [-0.1, -0.05) is 37.8 Å². The van der Waals surface area contributed by atoms with Crippen molar-refractivity contribution in [2.45, 2.75) is 32.1 Å². The van der Waals surface area contributed by atoms with Gasteiger partial charge in [0.2, 0.25) is 5.91 Å². The zero-order valence-electron chi connectivity index (χ0n) is 11.1. The molecule has 1 atom stereocenters. The van der Waals surface area contributed by atoms with Gasteiger partial charge in [0.25, 0.3) is 0 Å². The van der Waals surface area contributed by atoms with E-state index in [1.54, 1.807) is 0 Å². The van der Waals surface area contributed by atoms with Gasteiger partial charge in [-0.15, -0.1) is 0 Å². The maximum Gasteiger partial charge on any atom is 0.245 e. The van der Waals surface area contributed by atoms with Gasteiger partial charge >= 0.3 is 0 Å². The van der Waals surface area contributed by atoms with E-state index in [9.17, 15) is 4.79 Å². The van der Waals surface area contributed by atoms with Crippen LogP contribution in [0.5, 0.6) is 0 Å². The Morgan fingerprint density at radius 3 is 2.78 bits per heavy atom. The first kappa shape index (κ1) is 12.9. The second-order valence-corrected chi connectivity index (χ2v) is 4.92. The number of piperidine rings is 1. The summed E-state index contributed by atoms with van der Waals surface area (Å²) in [4.78, 5) is 13.6. The summed E-state index contributed by atoms with van der Waals surface area (Å²) in [6.07, 6.45) is 4.75. The van der Waals surface area contributed by atoms with Gasteiger partial charge in [0, 0.05) is 19.0 Å². The molecule has 0 bridgehead atoms. The van der Waals surface area contributed by atoms with E-state index in [1.807, 2.05) is 4.90 Å². The molecule has 1 amide bonds. The Labute approximate surface area is 109 Å². The number of carbonyl (C=O) groups is 1. The summed E-state index contributed by atoms with van der Waals surface area (Å²) >= 11 is 0. The Balaban J connectivity index is 2.07. The Morgan fingerprint density at radius 1 is 1.44 bits per heavy atom. The van der Waals surface area contributed by atoms with Crippen molar-refractivity contribution in [3.8, 4) is 0 Å². The fraction of sp³-hybridized carbons (Fsp3) is 0.438. The monoisotopic (exact) mass is 243 g/mol. The van der Waals surface area contributed by atoms with Gasteiger partial charge in [-0.05, 0) is 36.5 Å². The summed E-state index contributed by atoms with van der Waals surface area (Å²) < 4.78 is 0. The van der Waals surface area contributed by atoms with Crippen molar-refractivity contribution < 1.29 is 4.79 Å². The average Bonchev–Trinajstić information content (AvgIpc) is 2.46. The SMILES string of the molecule is C=CC(=O)N1CCC[C@H](c2ccc(CC)cc2)C1. The number of hydrogen-bond donors (Lipinski definition) is 0. The molecule has 0 aromatic heterocycles. The van der Waals surface area contributed by atoms with Gasteiger partial charge in [0.15, 0.2) is 0 Å². The first-order valence-corrected chi connectivity index (χ1v) is 6.74. The lowest BCUT2D eigenvalue weighted by Gasteiger charge is -2.32. The third kappa shape index (κ3) is 2.81. The summed E-state index contributed by atoms with van der Waals surface area (Å²) in [5, 5.41) is 0. The van der Waals surface area contributed by atoms with Crippen LogP contribution in [0.15, 0.2) is 36.9 Å². The predicted molar refractivity (Wildman–Crippen MR) is 74.6 cm³/mol. The number of carbonyl (C=O) groups excluding carboxylic acids is 1. The maximum atomic E-state index is 11.7. The number of hydrogen-bond acceptors (Lipinski definition) is 1. The third-order valence-corrected chi connectivity index (χ3v) is 3.77.